The van der Waals surface area contributed by atoms with Gasteiger partial charge in [0.05, 0.1) is 5.71 Å². The van der Waals surface area contributed by atoms with Crippen LogP contribution in [0.15, 0.2) is 29.4 Å². The average molecular weight is 192 g/mol. The lowest BCUT2D eigenvalue weighted by atomic mass is 10.1. The molecule has 0 saturated heterocycles. The van der Waals surface area contributed by atoms with Crippen molar-refractivity contribution in [2.45, 2.75) is 13.3 Å². The van der Waals surface area contributed by atoms with Crippen molar-refractivity contribution in [1.29, 1.82) is 0 Å². The molecule has 14 heavy (non-hydrogen) atoms. The Kier molecular flexibility index (Phi) is 3.51. The molecule has 0 heterocycles. The van der Waals surface area contributed by atoms with Gasteiger partial charge < -0.3 is 10.1 Å². The van der Waals surface area contributed by atoms with E-state index in [1.54, 1.807) is 6.92 Å². The van der Waals surface area contributed by atoms with Crippen molar-refractivity contribution in [1.82, 2.24) is 0 Å². The third-order valence-electron chi connectivity index (χ3n) is 2.08. The van der Waals surface area contributed by atoms with Gasteiger partial charge in [0.2, 0.25) is 0 Å². The van der Waals surface area contributed by atoms with E-state index in [-0.39, 0.29) is 0 Å². The Hall–Kier alpha value is -1.51. The van der Waals surface area contributed by atoms with Crippen LogP contribution < -0.4 is 4.90 Å². The van der Waals surface area contributed by atoms with E-state index in [2.05, 4.69) is 22.2 Å². The summed E-state index contributed by atoms with van der Waals surface area (Å²) in [5.74, 6) is 0. The first-order valence-corrected chi connectivity index (χ1v) is 4.57. The van der Waals surface area contributed by atoms with Gasteiger partial charge in [0.1, 0.15) is 0 Å². The highest BCUT2D eigenvalue weighted by atomic mass is 16.4. The topological polar surface area (TPSA) is 35.8 Å². The van der Waals surface area contributed by atoms with Crippen LogP contribution in [0.1, 0.15) is 12.5 Å². The third-order valence-corrected chi connectivity index (χ3v) is 2.08. The molecule has 1 rings (SSSR count). The van der Waals surface area contributed by atoms with Gasteiger partial charge in [-0.3, -0.25) is 0 Å². The van der Waals surface area contributed by atoms with E-state index in [0.29, 0.717) is 6.42 Å². The van der Waals surface area contributed by atoms with Crippen molar-refractivity contribution < 1.29 is 5.21 Å². The Morgan fingerprint density at radius 1 is 1.29 bits per heavy atom. The molecule has 0 unspecified atom stereocenters. The van der Waals surface area contributed by atoms with Crippen molar-refractivity contribution in [3.63, 3.8) is 0 Å². The first-order valence-electron chi connectivity index (χ1n) is 4.57. The first kappa shape index (κ1) is 10.6. The van der Waals surface area contributed by atoms with Gasteiger partial charge in [0.25, 0.3) is 0 Å². The van der Waals surface area contributed by atoms with Gasteiger partial charge in [-0.2, -0.15) is 0 Å². The zero-order chi connectivity index (χ0) is 10.6. The Morgan fingerprint density at radius 2 is 1.86 bits per heavy atom. The molecule has 0 saturated carbocycles. The SMILES string of the molecule is C/C(Cc1ccc(N(C)C)cc1)=N\O. The molecule has 1 aromatic carbocycles. The van der Waals surface area contributed by atoms with E-state index in [0.717, 1.165) is 11.3 Å². The molecule has 0 bridgehead atoms. The first-order chi connectivity index (χ1) is 6.63. The standard InChI is InChI=1S/C11H16N2O/c1-9(12-14)8-10-4-6-11(7-5-10)13(2)3/h4-7,14H,8H2,1-3H3/b12-9+. The molecular formula is C11H16N2O. The lowest BCUT2D eigenvalue weighted by Gasteiger charge is -2.12. The number of rotatable bonds is 3. The number of benzene rings is 1. The van der Waals surface area contributed by atoms with Gasteiger partial charge in [-0.15, -0.1) is 0 Å². The largest absolute Gasteiger partial charge is 0.411 e. The minimum Gasteiger partial charge on any atom is -0.411 e. The molecular weight excluding hydrogens is 176 g/mol. The van der Waals surface area contributed by atoms with Crippen LogP contribution in [0.5, 0.6) is 0 Å². The highest BCUT2D eigenvalue weighted by molar-refractivity contribution is 5.83. The number of oxime groups is 1. The maximum atomic E-state index is 8.52. The normalized spacial score (nSPS) is 11.5. The zero-order valence-electron chi connectivity index (χ0n) is 8.86. The molecule has 3 heteroatoms. The molecule has 0 atom stereocenters. The van der Waals surface area contributed by atoms with Crippen LogP contribution in [0.25, 0.3) is 0 Å². The molecule has 0 amide bonds. The van der Waals surface area contributed by atoms with Gasteiger partial charge >= 0.3 is 0 Å². The van der Waals surface area contributed by atoms with Crippen molar-refractivity contribution in [3.8, 4) is 0 Å². The van der Waals surface area contributed by atoms with Crippen LogP contribution in [0.4, 0.5) is 5.69 Å². The van der Waals surface area contributed by atoms with Gasteiger partial charge in [-0.25, -0.2) is 0 Å². The molecule has 0 aromatic heterocycles. The van der Waals surface area contributed by atoms with Crippen LogP contribution in [-0.2, 0) is 6.42 Å². The summed E-state index contributed by atoms with van der Waals surface area (Å²) in [5.41, 5.74) is 3.06. The summed E-state index contributed by atoms with van der Waals surface area (Å²) in [6.45, 7) is 1.81. The fraction of sp³-hybridized carbons (Fsp3) is 0.364. The van der Waals surface area contributed by atoms with Gasteiger partial charge in [-0.1, -0.05) is 17.3 Å². The summed E-state index contributed by atoms with van der Waals surface area (Å²) < 4.78 is 0. The zero-order valence-corrected chi connectivity index (χ0v) is 8.86. The molecule has 3 nitrogen and oxygen atoms in total. The molecule has 0 spiro atoms. The summed E-state index contributed by atoms with van der Waals surface area (Å²) in [4.78, 5) is 2.05. The Morgan fingerprint density at radius 3 is 2.29 bits per heavy atom. The maximum absolute atomic E-state index is 8.52. The molecule has 0 aliphatic rings. The van der Waals surface area contributed by atoms with E-state index in [4.69, 9.17) is 5.21 Å². The number of hydrogen-bond donors (Lipinski definition) is 1. The minimum atomic E-state index is 0.699. The summed E-state index contributed by atoms with van der Waals surface area (Å²) >= 11 is 0. The molecule has 76 valence electrons. The van der Waals surface area contributed by atoms with Crippen molar-refractivity contribution >= 4 is 11.4 Å². The highest BCUT2D eigenvalue weighted by Crippen LogP contribution is 2.12. The van der Waals surface area contributed by atoms with E-state index in [9.17, 15) is 0 Å². The van der Waals surface area contributed by atoms with Crippen LogP contribution in [0.3, 0.4) is 0 Å². The molecule has 0 radical (unpaired) electrons. The summed E-state index contributed by atoms with van der Waals surface area (Å²) in [7, 11) is 4.02. The van der Waals surface area contributed by atoms with Crippen molar-refractivity contribution in [3.05, 3.63) is 29.8 Å². The Bertz CT molecular complexity index is 315. The number of hydrogen-bond acceptors (Lipinski definition) is 3. The van der Waals surface area contributed by atoms with Crippen molar-refractivity contribution in [2.75, 3.05) is 19.0 Å². The third kappa shape index (κ3) is 2.76. The van der Waals surface area contributed by atoms with Gasteiger partial charge in [0, 0.05) is 26.2 Å². The molecule has 0 fully saturated rings. The summed E-state index contributed by atoms with van der Waals surface area (Å²) in [6, 6.07) is 8.20. The van der Waals surface area contributed by atoms with Gasteiger partial charge in [0.15, 0.2) is 0 Å². The molecule has 0 aliphatic heterocycles. The Labute approximate surface area is 84.7 Å². The van der Waals surface area contributed by atoms with Crippen molar-refractivity contribution in [2.24, 2.45) is 5.16 Å². The smallest absolute Gasteiger partial charge is 0.0583 e. The fourth-order valence-electron chi connectivity index (χ4n) is 1.24. The van der Waals surface area contributed by atoms with Crippen LogP contribution in [-0.4, -0.2) is 25.0 Å². The minimum absolute atomic E-state index is 0.699. The lowest BCUT2D eigenvalue weighted by Crippen LogP contribution is -2.08. The van der Waals surface area contributed by atoms with E-state index in [1.807, 2.05) is 26.2 Å². The quantitative estimate of drug-likeness (QED) is 0.452. The van der Waals surface area contributed by atoms with Gasteiger partial charge in [-0.05, 0) is 24.6 Å². The van der Waals surface area contributed by atoms with Crippen LogP contribution in [0, 0.1) is 0 Å². The summed E-state index contributed by atoms with van der Waals surface area (Å²) in [6.07, 6.45) is 0.699. The average Bonchev–Trinajstić information content (AvgIpc) is 2.18. The summed E-state index contributed by atoms with van der Waals surface area (Å²) in [5, 5.41) is 11.7. The van der Waals surface area contributed by atoms with Crippen LogP contribution in [0.2, 0.25) is 0 Å². The van der Waals surface area contributed by atoms with E-state index < -0.39 is 0 Å². The fourth-order valence-corrected chi connectivity index (χ4v) is 1.24. The predicted octanol–water partition coefficient (Wildman–Crippen LogP) is 2.15. The second-order valence-electron chi connectivity index (χ2n) is 3.57. The second kappa shape index (κ2) is 4.65. The maximum Gasteiger partial charge on any atom is 0.0583 e. The lowest BCUT2D eigenvalue weighted by molar-refractivity contribution is 0.317. The molecule has 1 aromatic rings. The number of nitrogens with zero attached hydrogens (tertiary/aromatic N) is 2. The Balaban J connectivity index is 2.74. The second-order valence-corrected chi connectivity index (χ2v) is 3.57. The van der Waals surface area contributed by atoms with Crippen LogP contribution >= 0.6 is 0 Å². The monoisotopic (exact) mass is 192 g/mol. The predicted molar refractivity (Wildman–Crippen MR) is 59.4 cm³/mol. The van der Waals surface area contributed by atoms with E-state index in [1.165, 1.54) is 5.69 Å². The number of anilines is 1. The highest BCUT2D eigenvalue weighted by Gasteiger charge is 1.98. The van der Waals surface area contributed by atoms with E-state index >= 15 is 0 Å². The molecule has 1 N–H and O–H groups in total. The molecule has 0 aliphatic carbocycles.